The molecule has 0 heterocycles. The van der Waals surface area contributed by atoms with Crippen molar-refractivity contribution in [2.45, 2.75) is 20.1 Å². The fourth-order valence-electron chi connectivity index (χ4n) is 1.42. The number of urea groups is 1. The number of halogens is 1. The molecule has 1 aromatic carbocycles. The molecular weight excluding hydrogens is 312 g/mol. The average Bonchev–Trinajstić information content (AvgIpc) is 2.39. The van der Waals surface area contributed by atoms with Crippen molar-refractivity contribution >= 4 is 27.6 Å². The van der Waals surface area contributed by atoms with Gasteiger partial charge in [0.25, 0.3) is 0 Å². The van der Waals surface area contributed by atoms with Crippen molar-refractivity contribution in [1.29, 1.82) is 0 Å². The molecule has 19 heavy (non-hydrogen) atoms. The van der Waals surface area contributed by atoms with Gasteiger partial charge in [-0.25, -0.2) is 4.79 Å². The van der Waals surface area contributed by atoms with Gasteiger partial charge >= 0.3 is 6.03 Å². The number of carbonyl (C=O) groups is 1. The second-order valence-electron chi connectivity index (χ2n) is 3.68. The van der Waals surface area contributed by atoms with Crippen molar-refractivity contribution in [2.75, 3.05) is 25.1 Å². The summed E-state index contributed by atoms with van der Waals surface area (Å²) in [4.78, 5) is 11.7. The molecule has 5 nitrogen and oxygen atoms in total. The molecule has 0 saturated carbocycles. The van der Waals surface area contributed by atoms with Gasteiger partial charge in [0.1, 0.15) is 0 Å². The number of hydrogen-bond acceptors (Lipinski definition) is 3. The van der Waals surface area contributed by atoms with Crippen molar-refractivity contribution in [1.82, 2.24) is 5.32 Å². The van der Waals surface area contributed by atoms with Gasteiger partial charge in [-0.15, -0.1) is 0 Å². The molecule has 0 fully saturated rings. The molecule has 0 saturated heterocycles. The van der Waals surface area contributed by atoms with E-state index < -0.39 is 6.29 Å². The van der Waals surface area contributed by atoms with E-state index in [1.807, 2.05) is 38.1 Å². The van der Waals surface area contributed by atoms with Crippen molar-refractivity contribution in [3.8, 4) is 0 Å². The number of ether oxygens (including phenoxy) is 2. The summed E-state index contributed by atoms with van der Waals surface area (Å²) in [6, 6.07) is 7.06. The number of nitrogens with one attached hydrogen (secondary N) is 2. The van der Waals surface area contributed by atoms with Crippen LogP contribution in [0.3, 0.4) is 0 Å². The number of rotatable bonds is 7. The second-order valence-corrected chi connectivity index (χ2v) is 4.60. The number of anilines is 1. The fourth-order valence-corrected chi connectivity index (χ4v) is 1.69. The Balaban J connectivity index is 2.35. The highest BCUT2D eigenvalue weighted by Gasteiger charge is 2.09. The molecule has 0 aliphatic rings. The average molecular weight is 331 g/mol. The zero-order valence-corrected chi connectivity index (χ0v) is 12.7. The van der Waals surface area contributed by atoms with Crippen molar-refractivity contribution in [2.24, 2.45) is 0 Å². The van der Waals surface area contributed by atoms with Gasteiger partial charge in [-0.2, -0.15) is 0 Å². The van der Waals surface area contributed by atoms with Crippen LogP contribution in [-0.2, 0) is 9.47 Å². The van der Waals surface area contributed by atoms with E-state index in [0.717, 1.165) is 10.2 Å². The topological polar surface area (TPSA) is 59.6 Å². The number of carbonyl (C=O) groups excluding carboxylic acids is 1. The zero-order chi connectivity index (χ0) is 14.1. The quantitative estimate of drug-likeness (QED) is 0.755. The molecule has 0 atom stereocenters. The fraction of sp³-hybridized carbons (Fsp3) is 0.462. The summed E-state index contributed by atoms with van der Waals surface area (Å²) in [5.74, 6) is 0. The normalized spacial score (nSPS) is 10.5. The lowest BCUT2D eigenvalue weighted by Crippen LogP contribution is -2.37. The predicted molar refractivity (Wildman–Crippen MR) is 78.2 cm³/mol. The zero-order valence-electron chi connectivity index (χ0n) is 11.1. The first kappa shape index (κ1) is 15.9. The molecule has 6 heteroatoms. The smallest absolute Gasteiger partial charge is 0.319 e. The Hall–Kier alpha value is -1.11. The van der Waals surface area contributed by atoms with Gasteiger partial charge in [0.05, 0.1) is 6.54 Å². The maximum atomic E-state index is 11.7. The molecular formula is C13H19BrN2O3. The van der Waals surface area contributed by atoms with Crippen LogP contribution in [0.5, 0.6) is 0 Å². The van der Waals surface area contributed by atoms with Gasteiger partial charge in [0.2, 0.25) is 0 Å². The molecule has 2 amide bonds. The Morgan fingerprint density at radius 3 is 2.32 bits per heavy atom. The molecule has 0 aliphatic carbocycles. The monoisotopic (exact) mass is 330 g/mol. The molecule has 0 bridgehead atoms. The highest BCUT2D eigenvalue weighted by Crippen LogP contribution is 2.13. The lowest BCUT2D eigenvalue weighted by atomic mass is 10.3. The lowest BCUT2D eigenvalue weighted by Gasteiger charge is -2.17. The van der Waals surface area contributed by atoms with Crippen molar-refractivity contribution in [3.63, 3.8) is 0 Å². The summed E-state index contributed by atoms with van der Waals surface area (Å²) in [6.07, 6.45) is -0.411. The van der Waals surface area contributed by atoms with E-state index in [1.54, 1.807) is 0 Å². The maximum Gasteiger partial charge on any atom is 0.319 e. The van der Waals surface area contributed by atoms with Crippen LogP contribution in [0.15, 0.2) is 28.7 Å². The van der Waals surface area contributed by atoms with Crippen molar-refractivity contribution in [3.05, 3.63) is 28.7 Å². The van der Waals surface area contributed by atoms with Crippen LogP contribution in [0.4, 0.5) is 10.5 Å². The van der Waals surface area contributed by atoms with E-state index in [4.69, 9.17) is 9.47 Å². The standard InChI is InChI=1S/C13H19BrN2O3/c1-3-18-12(19-4-2)9-15-13(17)16-11-7-5-10(14)6-8-11/h5-8,12H,3-4,9H2,1-2H3,(H2,15,16,17). The van der Waals surface area contributed by atoms with Gasteiger partial charge in [0.15, 0.2) is 6.29 Å². The Kier molecular flexibility index (Phi) is 7.47. The van der Waals surface area contributed by atoms with E-state index in [1.165, 1.54) is 0 Å². The molecule has 0 aromatic heterocycles. The first-order valence-corrected chi connectivity index (χ1v) is 6.98. The summed E-state index contributed by atoms with van der Waals surface area (Å²) < 4.78 is 11.6. The minimum Gasteiger partial charge on any atom is -0.351 e. The number of benzene rings is 1. The third kappa shape index (κ3) is 6.56. The van der Waals surface area contributed by atoms with Crippen LogP contribution in [0, 0.1) is 0 Å². The summed E-state index contributed by atoms with van der Waals surface area (Å²) in [5, 5.41) is 5.43. The number of amides is 2. The summed E-state index contributed by atoms with van der Waals surface area (Å²) >= 11 is 3.33. The molecule has 0 radical (unpaired) electrons. The number of hydrogen-bond donors (Lipinski definition) is 2. The van der Waals surface area contributed by atoms with Crippen LogP contribution < -0.4 is 10.6 Å². The molecule has 2 N–H and O–H groups in total. The first-order chi connectivity index (χ1) is 9.15. The minimum atomic E-state index is -0.411. The molecule has 1 aromatic rings. The van der Waals surface area contributed by atoms with Gasteiger partial charge in [0, 0.05) is 23.4 Å². The second kappa shape index (κ2) is 8.90. The van der Waals surface area contributed by atoms with E-state index in [9.17, 15) is 4.79 Å². The highest BCUT2D eigenvalue weighted by molar-refractivity contribution is 9.10. The van der Waals surface area contributed by atoms with E-state index in [2.05, 4.69) is 26.6 Å². The predicted octanol–water partition coefficient (Wildman–Crippen LogP) is 2.97. The minimum absolute atomic E-state index is 0.285. The molecule has 0 spiro atoms. The highest BCUT2D eigenvalue weighted by atomic mass is 79.9. The third-order valence-corrected chi connectivity index (χ3v) is 2.77. The van der Waals surface area contributed by atoms with Crippen LogP contribution >= 0.6 is 15.9 Å². The maximum absolute atomic E-state index is 11.7. The molecule has 0 aliphatic heterocycles. The summed E-state index contributed by atoms with van der Waals surface area (Å²) in [6.45, 7) is 5.16. The Morgan fingerprint density at radius 2 is 1.79 bits per heavy atom. The Labute approximate surface area is 121 Å². The molecule has 0 unspecified atom stereocenters. The van der Waals surface area contributed by atoms with Crippen LogP contribution in [-0.4, -0.2) is 32.1 Å². The third-order valence-electron chi connectivity index (χ3n) is 2.24. The van der Waals surface area contributed by atoms with E-state index >= 15 is 0 Å². The Bertz CT molecular complexity index is 378. The SMILES string of the molecule is CCOC(CNC(=O)Nc1ccc(Br)cc1)OCC. The summed E-state index contributed by atoms with van der Waals surface area (Å²) in [7, 11) is 0. The van der Waals surface area contributed by atoms with Crippen LogP contribution in [0.25, 0.3) is 0 Å². The van der Waals surface area contributed by atoms with Crippen molar-refractivity contribution < 1.29 is 14.3 Å². The van der Waals surface area contributed by atoms with Gasteiger partial charge in [-0.05, 0) is 38.1 Å². The van der Waals surface area contributed by atoms with E-state index in [0.29, 0.717) is 19.8 Å². The van der Waals surface area contributed by atoms with Gasteiger partial charge in [-0.1, -0.05) is 15.9 Å². The van der Waals surface area contributed by atoms with Crippen LogP contribution in [0.2, 0.25) is 0 Å². The van der Waals surface area contributed by atoms with Gasteiger partial charge in [-0.3, -0.25) is 0 Å². The Morgan fingerprint density at radius 1 is 1.21 bits per heavy atom. The first-order valence-electron chi connectivity index (χ1n) is 6.19. The molecule has 106 valence electrons. The van der Waals surface area contributed by atoms with Gasteiger partial charge < -0.3 is 20.1 Å². The summed E-state index contributed by atoms with van der Waals surface area (Å²) in [5.41, 5.74) is 0.727. The van der Waals surface area contributed by atoms with Crippen LogP contribution in [0.1, 0.15) is 13.8 Å². The lowest BCUT2D eigenvalue weighted by molar-refractivity contribution is -0.131. The largest absolute Gasteiger partial charge is 0.351 e. The molecule has 1 rings (SSSR count). The van der Waals surface area contributed by atoms with E-state index in [-0.39, 0.29) is 6.03 Å².